The van der Waals surface area contributed by atoms with Gasteiger partial charge in [-0.05, 0) is 43.4 Å². The Kier molecular flexibility index (Phi) is 3.71. The number of nitrogens with two attached hydrogens (primary N) is 1. The molecule has 1 unspecified atom stereocenters. The standard InChI is InChI=1S/C15H22N2O2/c16-14-10-12(6-9-17-14)4-5-13-11-18-15(19-13)7-2-1-3-8-15/h6,9-10,13H,1-5,7-8,11H2,(H2,16,17). The number of aryl methyl sites for hydroxylation is 1. The van der Waals surface area contributed by atoms with E-state index in [0.717, 1.165) is 32.3 Å². The molecule has 1 saturated heterocycles. The maximum absolute atomic E-state index is 6.17. The van der Waals surface area contributed by atoms with Gasteiger partial charge < -0.3 is 15.2 Å². The van der Waals surface area contributed by atoms with Crippen molar-refractivity contribution in [3.05, 3.63) is 23.9 Å². The first-order chi connectivity index (χ1) is 9.26. The number of nitrogens with zero attached hydrogens (tertiary/aromatic N) is 1. The Bertz CT molecular complexity index is 430. The summed E-state index contributed by atoms with van der Waals surface area (Å²) in [6.45, 7) is 0.737. The molecule has 1 aromatic heterocycles. The molecule has 0 aromatic carbocycles. The van der Waals surface area contributed by atoms with Crippen LogP contribution in [0.15, 0.2) is 18.3 Å². The zero-order valence-electron chi connectivity index (χ0n) is 11.3. The Morgan fingerprint density at radius 3 is 2.95 bits per heavy atom. The van der Waals surface area contributed by atoms with E-state index in [1.807, 2.05) is 12.1 Å². The summed E-state index contributed by atoms with van der Waals surface area (Å²) in [5, 5.41) is 0. The summed E-state index contributed by atoms with van der Waals surface area (Å²) in [7, 11) is 0. The summed E-state index contributed by atoms with van der Waals surface area (Å²) in [6, 6.07) is 3.95. The number of aromatic nitrogens is 1. The van der Waals surface area contributed by atoms with Crippen molar-refractivity contribution in [2.24, 2.45) is 0 Å². The van der Waals surface area contributed by atoms with Crippen molar-refractivity contribution in [1.29, 1.82) is 0 Å². The Morgan fingerprint density at radius 1 is 1.32 bits per heavy atom. The minimum atomic E-state index is -0.250. The summed E-state index contributed by atoms with van der Waals surface area (Å²) in [4.78, 5) is 4.01. The molecule has 1 aliphatic heterocycles. The van der Waals surface area contributed by atoms with Crippen LogP contribution in [0.25, 0.3) is 0 Å². The molecule has 4 nitrogen and oxygen atoms in total. The highest BCUT2D eigenvalue weighted by molar-refractivity contribution is 5.31. The zero-order chi connectivity index (χ0) is 13.1. The van der Waals surface area contributed by atoms with Crippen molar-refractivity contribution in [2.45, 2.75) is 56.8 Å². The maximum Gasteiger partial charge on any atom is 0.168 e. The zero-order valence-corrected chi connectivity index (χ0v) is 11.3. The van der Waals surface area contributed by atoms with Crippen LogP contribution in [0, 0.1) is 0 Å². The van der Waals surface area contributed by atoms with E-state index in [1.54, 1.807) is 6.20 Å². The van der Waals surface area contributed by atoms with Crippen LogP contribution in [0.1, 0.15) is 44.1 Å². The Balaban J connectivity index is 1.52. The van der Waals surface area contributed by atoms with Gasteiger partial charge in [0.15, 0.2) is 5.79 Å². The molecule has 0 radical (unpaired) electrons. The molecule has 2 N–H and O–H groups in total. The van der Waals surface area contributed by atoms with Gasteiger partial charge in [-0.15, -0.1) is 0 Å². The van der Waals surface area contributed by atoms with E-state index in [1.165, 1.54) is 24.8 Å². The van der Waals surface area contributed by atoms with E-state index < -0.39 is 0 Å². The summed E-state index contributed by atoms with van der Waals surface area (Å²) >= 11 is 0. The molecular weight excluding hydrogens is 240 g/mol. The van der Waals surface area contributed by atoms with Crippen LogP contribution in [0.3, 0.4) is 0 Å². The van der Waals surface area contributed by atoms with E-state index in [-0.39, 0.29) is 11.9 Å². The van der Waals surface area contributed by atoms with Crippen LogP contribution in [-0.4, -0.2) is 23.5 Å². The predicted octanol–water partition coefficient (Wildman–Crippen LogP) is 2.67. The molecule has 2 heterocycles. The van der Waals surface area contributed by atoms with Crippen molar-refractivity contribution in [3.63, 3.8) is 0 Å². The van der Waals surface area contributed by atoms with Crippen molar-refractivity contribution in [1.82, 2.24) is 4.98 Å². The SMILES string of the molecule is Nc1cc(CCC2COC3(CCCCC3)O2)ccn1. The topological polar surface area (TPSA) is 57.4 Å². The first-order valence-corrected chi connectivity index (χ1v) is 7.28. The van der Waals surface area contributed by atoms with Crippen LogP contribution in [0.4, 0.5) is 5.82 Å². The van der Waals surface area contributed by atoms with E-state index in [2.05, 4.69) is 4.98 Å². The van der Waals surface area contributed by atoms with Crippen molar-refractivity contribution in [2.75, 3.05) is 12.3 Å². The third-order valence-electron chi connectivity index (χ3n) is 4.13. The highest BCUT2D eigenvalue weighted by Crippen LogP contribution is 2.38. The van der Waals surface area contributed by atoms with E-state index in [9.17, 15) is 0 Å². The number of hydrogen-bond donors (Lipinski definition) is 1. The second-order valence-electron chi connectivity index (χ2n) is 5.65. The van der Waals surface area contributed by atoms with Crippen LogP contribution < -0.4 is 5.73 Å². The van der Waals surface area contributed by atoms with Gasteiger partial charge in [0, 0.05) is 19.0 Å². The first kappa shape index (κ1) is 12.9. The quantitative estimate of drug-likeness (QED) is 0.910. The average molecular weight is 262 g/mol. The van der Waals surface area contributed by atoms with E-state index in [0.29, 0.717) is 5.82 Å². The fraction of sp³-hybridized carbons (Fsp3) is 0.667. The molecule has 2 fully saturated rings. The van der Waals surface area contributed by atoms with Gasteiger partial charge in [0.25, 0.3) is 0 Å². The average Bonchev–Trinajstić information content (AvgIpc) is 2.80. The van der Waals surface area contributed by atoms with E-state index in [4.69, 9.17) is 15.2 Å². The molecule has 0 bridgehead atoms. The van der Waals surface area contributed by atoms with Crippen molar-refractivity contribution < 1.29 is 9.47 Å². The molecule has 4 heteroatoms. The fourth-order valence-electron chi connectivity index (χ4n) is 3.09. The van der Waals surface area contributed by atoms with Gasteiger partial charge in [-0.2, -0.15) is 0 Å². The smallest absolute Gasteiger partial charge is 0.168 e. The molecule has 1 aromatic rings. The third kappa shape index (κ3) is 3.07. The molecule has 0 amide bonds. The summed E-state index contributed by atoms with van der Waals surface area (Å²) < 4.78 is 12.1. The molecule has 104 valence electrons. The highest BCUT2D eigenvalue weighted by Gasteiger charge is 2.41. The fourth-order valence-corrected chi connectivity index (χ4v) is 3.09. The Hall–Kier alpha value is -1.13. The van der Waals surface area contributed by atoms with Gasteiger partial charge in [0.05, 0.1) is 12.7 Å². The maximum atomic E-state index is 6.17. The highest BCUT2D eigenvalue weighted by atomic mass is 16.7. The Labute approximate surface area is 114 Å². The molecule has 19 heavy (non-hydrogen) atoms. The van der Waals surface area contributed by atoms with Gasteiger partial charge in [0.2, 0.25) is 0 Å². The van der Waals surface area contributed by atoms with Crippen LogP contribution in [0.5, 0.6) is 0 Å². The van der Waals surface area contributed by atoms with Gasteiger partial charge >= 0.3 is 0 Å². The predicted molar refractivity (Wildman–Crippen MR) is 73.6 cm³/mol. The molecule has 2 aliphatic rings. The number of pyridine rings is 1. The van der Waals surface area contributed by atoms with Crippen LogP contribution >= 0.6 is 0 Å². The molecular formula is C15H22N2O2. The van der Waals surface area contributed by atoms with Gasteiger partial charge in [-0.1, -0.05) is 6.42 Å². The summed E-state index contributed by atoms with van der Waals surface area (Å²) in [5.74, 6) is 0.338. The van der Waals surface area contributed by atoms with E-state index >= 15 is 0 Å². The minimum Gasteiger partial charge on any atom is -0.384 e. The lowest BCUT2D eigenvalue weighted by Gasteiger charge is -2.31. The molecule has 1 spiro atoms. The Morgan fingerprint density at radius 2 is 2.16 bits per heavy atom. The molecule has 1 saturated carbocycles. The lowest BCUT2D eigenvalue weighted by molar-refractivity contribution is -0.187. The van der Waals surface area contributed by atoms with Crippen LogP contribution in [0.2, 0.25) is 0 Å². The minimum absolute atomic E-state index is 0.229. The van der Waals surface area contributed by atoms with Crippen molar-refractivity contribution >= 4 is 5.82 Å². The second-order valence-corrected chi connectivity index (χ2v) is 5.65. The largest absolute Gasteiger partial charge is 0.384 e. The second kappa shape index (κ2) is 5.47. The first-order valence-electron chi connectivity index (χ1n) is 7.28. The normalized spacial score (nSPS) is 25.8. The number of hydrogen-bond acceptors (Lipinski definition) is 4. The molecule has 1 atom stereocenters. The summed E-state index contributed by atoms with van der Waals surface area (Å²) in [6.07, 6.45) is 9.85. The molecule has 1 aliphatic carbocycles. The lowest BCUT2D eigenvalue weighted by Crippen LogP contribution is -2.33. The third-order valence-corrected chi connectivity index (χ3v) is 4.13. The van der Waals surface area contributed by atoms with Gasteiger partial charge in [0.1, 0.15) is 5.82 Å². The molecule has 3 rings (SSSR count). The number of nitrogen functional groups attached to an aromatic ring is 1. The van der Waals surface area contributed by atoms with Gasteiger partial charge in [-0.25, -0.2) is 4.98 Å². The lowest BCUT2D eigenvalue weighted by atomic mass is 9.94. The van der Waals surface area contributed by atoms with Crippen molar-refractivity contribution in [3.8, 4) is 0 Å². The monoisotopic (exact) mass is 262 g/mol. The number of rotatable bonds is 3. The number of ether oxygens (including phenoxy) is 2. The number of anilines is 1. The summed E-state index contributed by atoms with van der Waals surface area (Å²) in [5.41, 5.74) is 6.91. The van der Waals surface area contributed by atoms with Crippen LogP contribution in [-0.2, 0) is 15.9 Å². The van der Waals surface area contributed by atoms with Gasteiger partial charge in [-0.3, -0.25) is 0 Å².